The molecule has 2 N–H and O–H groups in total. The molecule has 5 heteroatoms. The Hall–Kier alpha value is -2.69. The topological polar surface area (TPSA) is 66.9 Å². The fourth-order valence-corrected chi connectivity index (χ4v) is 1.77. The standard InChI is InChI=1S/C14H16N4O.C2H4.2H2/c1-9-8-14(16-10(2)15-9)18-13-6-4-12(5-7-13)17-11(3)19;1-2;;/h4-8H,1-3H3,(H,17,19)(H,15,16,18);1-2H2;2*1H. The number of carbonyl (C=O) groups is 1. The Kier molecular flexibility index (Phi) is 6.07. The molecule has 0 aliphatic heterocycles. The maximum Gasteiger partial charge on any atom is 0.221 e. The van der Waals surface area contributed by atoms with E-state index < -0.39 is 0 Å². The first-order valence-electron chi connectivity index (χ1n) is 6.50. The van der Waals surface area contributed by atoms with Gasteiger partial charge in [0.1, 0.15) is 11.6 Å². The minimum atomic E-state index is -0.0808. The van der Waals surface area contributed by atoms with Gasteiger partial charge in [0.25, 0.3) is 0 Å². The third kappa shape index (κ3) is 5.44. The molecular formula is C16H24N4O. The van der Waals surface area contributed by atoms with Crippen LogP contribution in [0.4, 0.5) is 17.2 Å². The molecule has 0 aliphatic rings. The summed E-state index contributed by atoms with van der Waals surface area (Å²) >= 11 is 0. The van der Waals surface area contributed by atoms with E-state index in [1.54, 1.807) is 0 Å². The molecule has 0 aliphatic carbocycles. The molecule has 0 bridgehead atoms. The normalized spacial score (nSPS) is 9.29. The molecule has 0 saturated carbocycles. The number of aromatic nitrogens is 2. The Bertz CT molecular complexity index is 598. The van der Waals surface area contributed by atoms with Crippen LogP contribution in [-0.4, -0.2) is 15.9 Å². The number of hydrogen-bond acceptors (Lipinski definition) is 4. The Labute approximate surface area is 128 Å². The van der Waals surface area contributed by atoms with Crippen molar-refractivity contribution < 1.29 is 7.65 Å². The van der Waals surface area contributed by atoms with Crippen LogP contribution in [-0.2, 0) is 4.79 Å². The average molecular weight is 288 g/mol. The number of anilines is 3. The number of carbonyl (C=O) groups excluding carboxylic acids is 1. The lowest BCUT2D eigenvalue weighted by atomic mass is 10.2. The van der Waals surface area contributed by atoms with E-state index in [2.05, 4.69) is 33.8 Å². The monoisotopic (exact) mass is 288 g/mol. The predicted octanol–water partition coefficient (Wildman–Crippen LogP) is 4.09. The highest BCUT2D eigenvalue weighted by atomic mass is 16.1. The Morgan fingerprint density at radius 2 is 1.67 bits per heavy atom. The second-order valence-electron chi connectivity index (χ2n) is 4.33. The van der Waals surface area contributed by atoms with Crippen LogP contribution in [0.25, 0.3) is 0 Å². The highest BCUT2D eigenvalue weighted by Crippen LogP contribution is 2.18. The van der Waals surface area contributed by atoms with Crippen molar-refractivity contribution in [2.24, 2.45) is 0 Å². The summed E-state index contributed by atoms with van der Waals surface area (Å²) in [5, 5.41) is 5.92. The molecule has 1 aromatic heterocycles. The van der Waals surface area contributed by atoms with E-state index in [0.29, 0.717) is 0 Å². The molecule has 2 rings (SSSR count). The van der Waals surface area contributed by atoms with E-state index in [1.807, 2.05) is 44.2 Å². The molecule has 114 valence electrons. The zero-order chi connectivity index (χ0) is 15.8. The van der Waals surface area contributed by atoms with Crippen molar-refractivity contribution >= 4 is 23.1 Å². The summed E-state index contributed by atoms with van der Waals surface area (Å²) in [5.41, 5.74) is 2.60. The first-order chi connectivity index (χ1) is 10.0. The predicted molar refractivity (Wildman–Crippen MR) is 91.0 cm³/mol. The van der Waals surface area contributed by atoms with Gasteiger partial charge in [-0.1, -0.05) is 0 Å². The van der Waals surface area contributed by atoms with Gasteiger partial charge in [0.05, 0.1) is 0 Å². The summed E-state index contributed by atoms with van der Waals surface area (Å²) in [7, 11) is 0. The Balaban J connectivity index is 0. The molecular weight excluding hydrogens is 264 g/mol. The minimum absolute atomic E-state index is 0. The van der Waals surface area contributed by atoms with Gasteiger partial charge in [-0.25, -0.2) is 9.97 Å². The molecule has 0 spiro atoms. The molecule has 5 nitrogen and oxygen atoms in total. The van der Waals surface area contributed by atoms with E-state index in [0.717, 1.165) is 28.7 Å². The Morgan fingerprint density at radius 3 is 2.19 bits per heavy atom. The fourth-order valence-electron chi connectivity index (χ4n) is 1.77. The molecule has 21 heavy (non-hydrogen) atoms. The van der Waals surface area contributed by atoms with Crippen LogP contribution in [0.1, 0.15) is 21.3 Å². The summed E-state index contributed by atoms with van der Waals surface area (Å²) in [6, 6.07) is 9.33. The van der Waals surface area contributed by atoms with Crippen molar-refractivity contribution in [3.8, 4) is 0 Å². The number of rotatable bonds is 3. The summed E-state index contributed by atoms with van der Waals surface area (Å²) in [4.78, 5) is 19.5. The average Bonchev–Trinajstić information content (AvgIpc) is 2.41. The highest BCUT2D eigenvalue weighted by molar-refractivity contribution is 5.88. The van der Waals surface area contributed by atoms with Gasteiger partial charge in [-0.2, -0.15) is 0 Å². The Morgan fingerprint density at radius 1 is 1.10 bits per heavy atom. The lowest BCUT2D eigenvalue weighted by Gasteiger charge is -2.08. The zero-order valence-corrected chi connectivity index (χ0v) is 12.6. The van der Waals surface area contributed by atoms with Crippen LogP contribution in [0.15, 0.2) is 43.5 Å². The van der Waals surface area contributed by atoms with E-state index in [4.69, 9.17) is 0 Å². The van der Waals surface area contributed by atoms with Crippen molar-refractivity contribution in [1.82, 2.24) is 9.97 Å². The molecule has 0 radical (unpaired) electrons. The summed E-state index contributed by atoms with van der Waals surface area (Å²) in [6.07, 6.45) is 0. The molecule has 0 atom stereocenters. The lowest BCUT2D eigenvalue weighted by molar-refractivity contribution is -0.114. The van der Waals surface area contributed by atoms with E-state index in [9.17, 15) is 4.79 Å². The van der Waals surface area contributed by atoms with E-state index in [-0.39, 0.29) is 8.76 Å². The van der Waals surface area contributed by atoms with Gasteiger partial charge in [0, 0.05) is 32.9 Å². The molecule has 1 aromatic carbocycles. The number of benzene rings is 1. The SMILES string of the molecule is C=C.CC(=O)Nc1ccc(Nc2cc(C)nc(C)n2)cc1.[HH].[HH]. The van der Waals surface area contributed by atoms with Gasteiger partial charge < -0.3 is 10.6 Å². The van der Waals surface area contributed by atoms with E-state index in [1.165, 1.54) is 6.92 Å². The van der Waals surface area contributed by atoms with Crippen LogP contribution in [0.3, 0.4) is 0 Å². The van der Waals surface area contributed by atoms with Gasteiger partial charge in [-0.3, -0.25) is 4.79 Å². The summed E-state index contributed by atoms with van der Waals surface area (Å²) < 4.78 is 0. The lowest BCUT2D eigenvalue weighted by Crippen LogP contribution is -2.05. The molecule has 0 saturated heterocycles. The smallest absolute Gasteiger partial charge is 0.221 e. The van der Waals surface area contributed by atoms with Gasteiger partial charge >= 0.3 is 0 Å². The number of aryl methyl sites for hydroxylation is 2. The van der Waals surface area contributed by atoms with Crippen LogP contribution in [0.5, 0.6) is 0 Å². The summed E-state index contributed by atoms with van der Waals surface area (Å²) in [5.74, 6) is 1.41. The van der Waals surface area contributed by atoms with Crippen LogP contribution >= 0.6 is 0 Å². The molecule has 0 unspecified atom stereocenters. The number of nitrogens with one attached hydrogen (secondary N) is 2. The van der Waals surface area contributed by atoms with Gasteiger partial charge in [0.15, 0.2) is 0 Å². The largest absolute Gasteiger partial charge is 0.340 e. The third-order valence-electron chi connectivity index (χ3n) is 2.44. The number of nitrogens with zero attached hydrogens (tertiary/aromatic N) is 2. The van der Waals surface area contributed by atoms with Gasteiger partial charge in [0.2, 0.25) is 5.91 Å². The molecule has 1 amide bonds. The first kappa shape index (κ1) is 16.4. The van der Waals surface area contributed by atoms with Crippen molar-refractivity contribution in [1.29, 1.82) is 0 Å². The van der Waals surface area contributed by atoms with E-state index >= 15 is 0 Å². The first-order valence-corrected chi connectivity index (χ1v) is 6.50. The van der Waals surface area contributed by atoms with Crippen LogP contribution in [0.2, 0.25) is 0 Å². The van der Waals surface area contributed by atoms with Crippen molar-refractivity contribution in [3.63, 3.8) is 0 Å². The van der Waals surface area contributed by atoms with Crippen LogP contribution < -0.4 is 10.6 Å². The second-order valence-corrected chi connectivity index (χ2v) is 4.33. The van der Waals surface area contributed by atoms with Crippen molar-refractivity contribution in [2.75, 3.05) is 10.6 Å². The van der Waals surface area contributed by atoms with Crippen molar-refractivity contribution in [2.45, 2.75) is 20.8 Å². The maximum atomic E-state index is 10.9. The molecule has 1 heterocycles. The van der Waals surface area contributed by atoms with Crippen LogP contribution in [0, 0.1) is 13.8 Å². The quantitative estimate of drug-likeness (QED) is 0.835. The fraction of sp³-hybridized carbons (Fsp3) is 0.188. The number of hydrogen-bond donors (Lipinski definition) is 2. The van der Waals surface area contributed by atoms with Crippen molar-refractivity contribution in [3.05, 3.63) is 55.0 Å². The highest BCUT2D eigenvalue weighted by Gasteiger charge is 2.00. The molecule has 0 fully saturated rings. The maximum absolute atomic E-state index is 10.9. The molecule has 2 aromatic rings. The second kappa shape index (κ2) is 7.79. The zero-order valence-electron chi connectivity index (χ0n) is 12.6. The minimum Gasteiger partial charge on any atom is -0.340 e. The summed E-state index contributed by atoms with van der Waals surface area (Å²) in [6.45, 7) is 11.3. The number of amides is 1. The van der Waals surface area contributed by atoms with Gasteiger partial charge in [-0.05, 0) is 38.1 Å². The third-order valence-corrected chi connectivity index (χ3v) is 2.44. The van der Waals surface area contributed by atoms with Gasteiger partial charge in [-0.15, -0.1) is 13.2 Å².